The van der Waals surface area contributed by atoms with E-state index in [9.17, 15) is 9.90 Å². The van der Waals surface area contributed by atoms with Gasteiger partial charge in [-0.3, -0.25) is 0 Å². The van der Waals surface area contributed by atoms with Crippen LogP contribution in [0.1, 0.15) is 10.5 Å². The molecule has 0 spiro atoms. The van der Waals surface area contributed by atoms with E-state index in [1.54, 1.807) is 0 Å². The van der Waals surface area contributed by atoms with Crippen LogP contribution in [0.3, 0.4) is 0 Å². The van der Waals surface area contributed by atoms with Gasteiger partial charge in [0.25, 0.3) is 0 Å². The molecular weight excluding hydrogens is 358 g/mol. The molecule has 0 radical (unpaired) electrons. The molecule has 100 valence electrons. The fourth-order valence-electron chi connectivity index (χ4n) is 1.79. The first-order valence-corrected chi connectivity index (χ1v) is 8.18. The highest BCUT2D eigenvalue weighted by atomic mass is 79.9. The fraction of sp³-hybridized carbons (Fsp3) is 0. The van der Waals surface area contributed by atoms with E-state index in [4.69, 9.17) is 0 Å². The number of hydrogen-bond acceptors (Lipinski definition) is 4. The van der Waals surface area contributed by atoms with Crippen molar-refractivity contribution in [3.05, 3.63) is 51.9 Å². The lowest BCUT2D eigenvalue weighted by Gasteiger charge is -1.97. The summed E-state index contributed by atoms with van der Waals surface area (Å²) >= 11 is 6.40. The molecule has 0 saturated heterocycles. The maximum atomic E-state index is 11.4. The van der Waals surface area contributed by atoms with Crippen molar-refractivity contribution in [2.75, 3.05) is 0 Å². The number of carboxylic acids is 1. The molecule has 0 atom stereocenters. The molecule has 0 unspecified atom stereocenters. The highest BCUT2D eigenvalue weighted by Gasteiger charge is 2.20. The summed E-state index contributed by atoms with van der Waals surface area (Å²) in [6.07, 6.45) is 0. The van der Waals surface area contributed by atoms with E-state index < -0.39 is 5.97 Å². The van der Waals surface area contributed by atoms with Gasteiger partial charge in [-0.15, -0.1) is 22.7 Å². The summed E-state index contributed by atoms with van der Waals surface area (Å²) in [7, 11) is 0. The van der Waals surface area contributed by atoms with Crippen LogP contribution in [-0.2, 0) is 0 Å². The van der Waals surface area contributed by atoms with Crippen LogP contribution in [0.5, 0.6) is 0 Å². The molecule has 3 aromatic rings. The molecular formula is C14H8BrNO2S2. The summed E-state index contributed by atoms with van der Waals surface area (Å²) in [5, 5.41) is 12.0. The molecule has 2 aromatic heterocycles. The number of aromatic carboxylic acids is 1. The van der Waals surface area contributed by atoms with Gasteiger partial charge in [0, 0.05) is 4.47 Å². The normalized spacial score (nSPS) is 10.7. The second-order valence-electron chi connectivity index (χ2n) is 3.97. The first kappa shape index (κ1) is 13.5. The van der Waals surface area contributed by atoms with E-state index >= 15 is 0 Å². The zero-order valence-corrected chi connectivity index (χ0v) is 13.3. The monoisotopic (exact) mass is 365 g/mol. The zero-order chi connectivity index (χ0) is 14.1. The van der Waals surface area contributed by atoms with Gasteiger partial charge in [-0.05, 0) is 32.9 Å². The van der Waals surface area contributed by atoms with Crippen molar-refractivity contribution in [1.29, 1.82) is 0 Å². The van der Waals surface area contributed by atoms with Crippen LogP contribution in [0, 0.1) is 0 Å². The Kier molecular flexibility index (Phi) is 3.69. The van der Waals surface area contributed by atoms with Gasteiger partial charge in [-0.1, -0.05) is 30.3 Å². The van der Waals surface area contributed by atoms with Gasteiger partial charge in [-0.2, -0.15) is 0 Å². The summed E-state index contributed by atoms with van der Waals surface area (Å²) in [4.78, 5) is 17.3. The number of benzene rings is 1. The molecule has 20 heavy (non-hydrogen) atoms. The largest absolute Gasteiger partial charge is 0.476 e. The van der Waals surface area contributed by atoms with Gasteiger partial charge >= 0.3 is 5.97 Å². The number of thiazole rings is 1. The Morgan fingerprint density at radius 3 is 2.50 bits per heavy atom. The molecule has 0 aliphatic heterocycles. The standard InChI is InChI=1S/C14H8BrNO2S2/c15-9-6-7-19-12(9)13-16-10(14(17)18)11(20-13)8-4-2-1-3-5-8/h1-7H,(H,17,18). The van der Waals surface area contributed by atoms with Gasteiger partial charge in [0.05, 0.1) is 9.75 Å². The third-order valence-corrected chi connectivity index (χ3v) is 5.77. The minimum atomic E-state index is -1.00. The Balaban J connectivity index is 2.18. The Hall–Kier alpha value is -1.50. The van der Waals surface area contributed by atoms with Crippen LogP contribution in [0.4, 0.5) is 0 Å². The predicted octanol–water partition coefficient (Wildman–Crippen LogP) is 5.00. The number of carbonyl (C=O) groups is 1. The molecule has 0 aliphatic rings. The van der Waals surface area contributed by atoms with E-state index in [0.29, 0.717) is 4.88 Å². The topological polar surface area (TPSA) is 50.2 Å². The molecule has 0 amide bonds. The van der Waals surface area contributed by atoms with Crippen LogP contribution in [0.2, 0.25) is 0 Å². The van der Waals surface area contributed by atoms with E-state index in [1.807, 2.05) is 41.8 Å². The van der Waals surface area contributed by atoms with E-state index in [-0.39, 0.29) is 5.69 Å². The summed E-state index contributed by atoms with van der Waals surface area (Å²) < 4.78 is 0.938. The van der Waals surface area contributed by atoms with Gasteiger partial charge in [0.2, 0.25) is 0 Å². The number of carboxylic acid groups (broad SMARTS) is 1. The molecule has 2 heterocycles. The first-order chi connectivity index (χ1) is 9.66. The third kappa shape index (κ3) is 2.42. The van der Waals surface area contributed by atoms with E-state index in [0.717, 1.165) is 19.9 Å². The smallest absolute Gasteiger partial charge is 0.356 e. The molecule has 0 bridgehead atoms. The Morgan fingerprint density at radius 1 is 1.15 bits per heavy atom. The van der Waals surface area contributed by atoms with Crippen molar-refractivity contribution in [2.24, 2.45) is 0 Å². The number of halogens is 1. The summed E-state index contributed by atoms with van der Waals surface area (Å²) in [5.74, 6) is -1.00. The lowest BCUT2D eigenvalue weighted by molar-refractivity contribution is 0.0692. The average Bonchev–Trinajstić information content (AvgIpc) is 3.05. The molecule has 6 heteroatoms. The number of aromatic nitrogens is 1. The molecule has 0 aliphatic carbocycles. The lowest BCUT2D eigenvalue weighted by Crippen LogP contribution is -1.98. The average molecular weight is 366 g/mol. The van der Waals surface area contributed by atoms with E-state index in [2.05, 4.69) is 20.9 Å². The number of nitrogens with zero attached hydrogens (tertiary/aromatic N) is 1. The maximum absolute atomic E-state index is 11.4. The summed E-state index contributed by atoms with van der Waals surface area (Å²) in [5.41, 5.74) is 0.984. The predicted molar refractivity (Wildman–Crippen MR) is 85.5 cm³/mol. The Morgan fingerprint density at radius 2 is 1.90 bits per heavy atom. The van der Waals surface area contributed by atoms with Crippen molar-refractivity contribution in [2.45, 2.75) is 0 Å². The first-order valence-electron chi connectivity index (χ1n) is 5.69. The van der Waals surface area contributed by atoms with Gasteiger partial charge < -0.3 is 5.11 Å². The molecule has 0 fully saturated rings. The minimum Gasteiger partial charge on any atom is -0.476 e. The second kappa shape index (κ2) is 5.47. The summed E-state index contributed by atoms with van der Waals surface area (Å²) in [6, 6.07) is 11.4. The van der Waals surface area contributed by atoms with E-state index in [1.165, 1.54) is 22.7 Å². The molecule has 1 aromatic carbocycles. The fourth-order valence-corrected chi connectivity index (χ4v) is 4.65. The molecule has 3 nitrogen and oxygen atoms in total. The number of rotatable bonds is 3. The number of hydrogen-bond donors (Lipinski definition) is 1. The molecule has 1 N–H and O–H groups in total. The van der Waals surface area contributed by atoms with Crippen LogP contribution >= 0.6 is 38.6 Å². The quantitative estimate of drug-likeness (QED) is 0.710. The maximum Gasteiger partial charge on any atom is 0.356 e. The van der Waals surface area contributed by atoms with Crippen molar-refractivity contribution < 1.29 is 9.90 Å². The highest BCUT2D eigenvalue weighted by Crippen LogP contribution is 2.40. The van der Waals surface area contributed by atoms with Crippen LogP contribution in [0.15, 0.2) is 46.3 Å². The Bertz CT molecular complexity index is 765. The zero-order valence-electron chi connectivity index (χ0n) is 10.0. The van der Waals surface area contributed by atoms with Gasteiger partial charge in [0.1, 0.15) is 5.01 Å². The SMILES string of the molecule is O=C(O)c1nc(-c2sccc2Br)sc1-c1ccccc1. The third-order valence-electron chi connectivity index (χ3n) is 2.68. The second-order valence-corrected chi connectivity index (χ2v) is 6.74. The van der Waals surface area contributed by atoms with Crippen molar-refractivity contribution in [3.8, 4) is 20.3 Å². The minimum absolute atomic E-state index is 0.108. The van der Waals surface area contributed by atoms with Crippen LogP contribution in [0.25, 0.3) is 20.3 Å². The highest BCUT2D eigenvalue weighted by molar-refractivity contribution is 9.10. The Labute approximate surface area is 131 Å². The molecule has 0 saturated carbocycles. The molecule has 3 rings (SSSR count). The number of thiophene rings is 1. The van der Waals surface area contributed by atoms with Crippen LogP contribution < -0.4 is 0 Å². The van der Waals surface area contributed by atoms with Crippen LogP contribution in [-0.4, -0.2) is 16.1 Å². The van der Waals surface area contributed by atoms with Gasteiger partial charge in [0.15, 0.2) is 5.69 Å². The van der Waals surface area contributed by atoms with Gasteiger partial charge in [-0.25, -0.2) is 9.78 Å². The van der Waals surface area contributed by atoms with Crippen molar-refractivity contribution in [1.82, 2.24) is 4.98 Å². The van der Waals surface area contributed by atoms with Crippen molar-refractivity contribution >= 4 is 44.6 Å². The summed E-state index contributed by atoms with van der Waals surface area (Å²) in [6.45, 7) is 0. The van der Waals surface area contributed by atoms with Crippen molar-refractivity contribution in [3.63, 3.8) is 0 Å². The lowest BCUT2D eigenvalue weighted by atomic mass is 10.1.